The van der Waals surface area contributed by atoms with Gasteiger partial charge in [0.05, 0.1) is 0 Å². The molecular weight excluding hydrogens is 146 g/mol. The smallest absolute Gasteiger partial charge is 0.0214 e. The zero-order valence-electron chi connectivity index (χ0n) is 8.78. The van der Waals surface area contributed by atoms with Crippen LogP contribution in [0.15, 0.2) is 0 Å². The molecule has 70 valence electrons. The van der Waals surface area contributed by atoms with Crippen molar-refractivity contribution in [2.75, 3.05) is 13.1 Å². The predicted molar refractivity (Wildman–Crippen MR) is 54.9 cm³/mol. The van der Waals surface area contributed by atoms with Gasteiger partial charge in [0.25, 0.3) is 0 Å². The molecule has 0 aromatic heterocycles. The summed E-state index contributed by atoms with van der Waals surface area (Å²) in [6, 6.07) is 0. The Morgan fingerprint density at radius 2 is 1.83 bits per heavy atom. The lowest BCUT2D eigenvalue weighted by atomic mass is 10.2. The van der Waals surface area contributed by atoms with Gasteiger partial charge < -0.3 is 5.32 Å². The highest BCUT2D eigenvalue weighted by Gasteiger charge is 1.90. The number of hydrogen-bond donors (Lipinski definition) is 1. The lowest BCUT2D eigenvalue weighted by molar-refractivity contribution is 0.558. The van der Waals surface area contributed by atoms with Gasteiger partial charge in [0.15, 0.2) is 0 Å². The summed E-state index contributed by atoms with van der Waals surface area (Å²) < 4.78 is 0. The van der Waals surface area contributed by atoms with Gasteiger partial charge >= 0.3 is 0 Å². The highest BCUT2D eigenvalue weighted by atomic mass is 14.8. The average molecular weight is 167 g/mol. The van der Waals surface area contributed by atoms with Gasteiger partial charge in [-0.15, -0.1) is 11.8 Å². The van der Waals surface area contributed by atoms with Crippen LogP contribution < -0.4 is 5.32 Å². The van der Waals surface area contributed by atoms with Crippen LogP contribution in [-0.4, -0.2) is 13.1 Å². The van der Waals surface area contributed by atoms with Gasteiger partial charge in [-0.3, -0.25) is 0 Å². The van der Waals surface area contributed by atoms with Crippen molar-refractivity contribution in [2.24, 2.45) is 11.8 Å². The molecule has 0 fully saturated rings. The molecule has 0 spiro atoms. The van der Waals surface area contributed by atoms with Crippen LogP contribution in [0.3, 0.4) is 0 Å². The Balaban J connectivity index is 3.18. The van der Waals surface area contributed by atoms with E-state index in [4.69, 9.17) is 0 Å². The monoisotopic (exact) mass is 167 g/mol. The van der Waals surface area contributed by atoms with Gasteiger partial charge in [0.1, 0.15) is 0 Å². The SMILES string of the molecule is CC(C)C#CCCNCC(C)C. The van der Waals surface area contributed by atoms with E-state index < -0.39 is 0 Å². The third-order valence-corrected chi connectivity index (χ3v) is 1.37. The first-order valence-corrected chi connectivity index (χ1v) is 4.82. The lowest BCUT2D eigenvalue weighted by Crippen LogP contribution is -2.20. The minimum absolute atomic E-state index is 0.509. The van der Waals surface area contributed by atoms with Gasteiger partial charge in [-0.05, 0) is 12.5 Å². The maximum atomic E-state index is 3.36. The van der Waals surface area contributed by atoms with E-state index in [9.17, 15) is 0 Å². The normalized spacial score (nSPS) is 10.2. The minimum Gasteiger partial charge on any atom is -0.316 e. The molecule has 0 saturated heterocycles. The highest BCUT2D eigenvalue weighted by Crippen LogP contribution is 1.88. The van der Waals surface area contributed by atoms with E-state index in [0.29, 0.717) is 5.92 Å². The van der Waals surface area contributed by atoms with Crippen LogP contribution in [0.2, 0.25) is 0 Å². The van der Waals surface area contributed by atoms with Crippen LogP contribution in [0, 0.1) is 23.7 Å². The minimum atomic E-state index is 0.509. The first-order valence-electron chi connectivity index (χ1n) is 4.82. The first kappa shape index (κ1) is 11.5. The Hall–Kier alpha value is -0.480. The topological polar surface area (TPSA) is 12.0 Å². The zero-order valence-corrected chi connectivity index (χ0v) is 8.78. The summed E-state index contributed by atoms with van der Waals surface area (Å²) in [6.07, 6.45) is 0.977. The van der Waals surface area contributed by atoms with Gasteiger partial charge in [0, 0.05) is 18.9 Å². The van der Waals surface area contributed by atoms with Crippen LogP contribution in [0.5, 0.6) is 0 Å². The summed E-state index contributed by atoms with van der Waals surface area (Å²) in [5.41, 5.74) is 0. The quantitative estimate of drug-likeness (QED) is 0.500. The molecule has 0 aliphatic rings. The van der Waals surface area contributed by atoms with Gasteiger partial charge in [-0.1, -0.05) is 27.7 Å². The molecule has 0 bridgehead atoms. The van der Waals surface area contributed by atoms with E-state index in [0.717, 1.165) is 25.4 Å². The van der Waals surface area contributed by atoms with E-state index in [2.05, 4.69) is 44.9 Å². The van der Waals surface area contributed by atoms with Crippen LogP contribution in [0.1, 0.15) is 34.1 Å². The molecule has 0 aromatic carbocycles. The second-order valence-corrected chi connectivity index (χ2v) is 3.82. The molecule has 0 atom stereocenters. The zero-order chi connectivity index (χ0) is 9.40. The number of hydrogen-bond acceptors (Lipinski definition) is 1. The van der Waals surface area contributed by atoms with Crippen molar-refractivity contribution < 1.29 is 0 Å². The van der Waals surface area contributed by atoms with Gasteiger partial charge in [-0.25, -0.2) is 0 Å². The molecule has 0 radical (unpaired) electrons. The molecule has 0 amide bonds. The van der Waals surface area contributed by atoms with Crippen molar-refractivity contribution in [3.63, 3.8) is 0 Å². The van der Waals surface area contributed by atoms with Crippen molar-refractivity contribution in [2.45, 2.75) is 34.1 Å². The number of nitrogens with one attached hydrogen (secondary N) is 1. The van der Waals surface area contributed by atoms with Crippen LogP contribution >= 0.6 is 0 Å². The van der Waals surface area contributed by atoms with E-state index in [-0.39, 0.29) is 0 Å². The maximum Gasteiger partial charge on any atom is 0.0214 e. The van der Waals surface area contributed by atoms with Crippen molar-refractivity contribution >= 4 is 0 Å². The third kappa shape index (κ3) is 9.52. The standard InChI is InChI=1S/C11H21N/c1-10(2)7-5-6-8-12-9-11(3)4/h10-12H,6,8-9H2,1-4H3. The van der Waals surface area contributed by atoms with Crippen LogP contribution in [0.4, 0.5) is 0 Å². The molecule has 1 N–H and O–H groups in total. The van der Waals surface area contributed by atoms with Crippen molar-refractivity contribution in [3.8, 4) is 11.8 Å². The second kappa shape index (κ2) is 7.18. The Labute approximate surface area is 76.9 Å². The molecule has 1 nitrogen and oxygen atoms in total. The van der Waals surface area contributed by atoms with E-state index in [1.165, 1.54) is 0 Å². The Morgan fingerprint density at radius 3 is 2.33 bits per heavy atom. The highest BCUT2D eigenvalue weighted by molar-refractivity contribution is 5.01. The fraction of sp³-hybridized carbons (Fsp3) is 0.818. The molecule has 0 rings (SSSR count). The third-order valence-electron chi connectivity index (χ3n) is 1.37. The largest absolute Gasteiger partial charge is 0.316 e. The average Bonchev–Trinajstić information content (AvgIpc) is 1.95. The summed E-state index contributed by atoms with van der Waals surface area (Å²) in [7, 11) is 0. The van der Waals surface area contributed by atoms with Crippen molar-refractivity contribution in [3.05, 3.63) is 0 Å². The molecule has 12 heavy (non-hydrogen) atoms. The molecular formula is C11H21N. The lowest BCUT2D eigenvalue weighted by Gasteiger charge is -2.04. The Kier molecular flexibility index (Phi) is 6.90. The summed E-state index contributed by atoms with van der Waals surface area (Å²) in [6.45, 7) is 10.8. The summed E-state index contributed by atoms with van der Waals surface area (Å²) in [5, 5.41) is 3.36. The number of rotatable bonds is 4. The fourth-order valence-corrected chi connectivity index (χ4v) is 0.818. The fourth-order valence-electron chi connectivity index (χ4n) is 0.818. The molecule has 0 aromatic rings. The van der Waals surface area contributed by atoms with Gasteiger partial charge in [-0.2, -0.15) is 0 Å². The Morgan fingerprint density at radius 1 is 1.17 bits per heavy atom. The maximum absolute atomic E-state index is 3.36. The van der Waals surface area contributed by atoms with E-state index in [1.54, 1.807) is 0 Å². The van der Waals surface area contributed by atoms with Crippen molar-refractivity contribution in [1.82, 2.24) is 5.32 Å². The molecule has 0 heterocycles. The van der Waals surface area contributed by atoms with Crippen LogP contribution in [-0.2, 0) is 0 Å². The first-order chi connectivity index (χ1) is 5.63. The molecule has 0 aliphatic carbocycles. The second-order valence-electron chi connectivity index (χ2n) is 3.82. The molecule has 0 aliphatic heterocycles. The van der Waals surface area contributed by atoms with E-state index in [1.807, 2.05) is 0 Å². The van der Waals surface area contributed by atoms with Crippen molar-refractivity contribution in [1.29, 1.82) is 0 Å². The van der Waals surface area contributed by atoms with Gasteiger partial charge in [0.2, 0.25) is 0 Å². The van der Waals surface area contributed by atoms with Crippen LogP contribution in [0.25, 0.3) is 0 Å². The summed E-state index contributed by atoms with van der Waals surface area (Å²) >= 11 is 0. The predicted octanol–water partition coefficient (Wildman–Crippen LogP) is 2.28. The molecule has 0 unspecified atom stereocenters. The summed E-state index contributed by atoms with van der Waals surface area (Å²) in [4.78, 5) is 0. The Bertz CT molecular complexity index is 148. The summed E-state index contributed by atoms with van der Waals surface area (Å²) in [5.74, 6) is 7.54. The van der Waals surface area contributed by atoms with E-state index >= 15 is 0 Å². The molecule has 1 heteroatoms. The molecule has 0 saturated carbocycles.